The van der Waals surface area contributed by atoms with Crippen molar-refractivity contribution in [3.63, 3.8) is 0 Å². The molecule has 2 heterocycles. The van der Waals surface area contributed by atoms with Gasteiger partial charge in [-0.1, -0.05) is 18.2 Å². The Morgan fingerprint density at radius 3 is 2.72 bits per heavy atom. The predicted molar refractivity (Wildman–Crippen MR) is 93.1 cm³/mol. The highest BCUT2D eigenvalue weighted by Crippen LogP contribution is 2.15. The molecular formula is C16H18N8O. The molecule has 0 aliphatic rings. The number of para-hydroxylation sites is 1. The average molecular weight is 338 g/mol. The Morgan fingerprint density at radius 1 is 1.08 bits per heavy atom. The molecule has 1 aromatic carbocycles. The summed E-state index contributed by atoms with van der Waals surface area (Å²) in [7, 11) is 0. The third-order valence-corrected chi connectivity index (χ3v) is 3.32. The van der Waals surface area contributed by atoms with Crippen LogP contribution in [0, 0.1) is 0 Å². The largest absolute Gasteiger partial charge is 0.352 e. The van der Waals surface area contributed by atoms with Crippen LogP contribution in [-0.4, -0.2) is 43.9 Å². The van der Waals surface area contributed by atoms with Crippen LogP contribution in [0.25, 0.3) is 0 Å². The fourth-order valence-corrected chi connectivity index (χ4v) is 2.18. The van der Waals surface area contributed by atoms with E-state index >= 15 is 0 Å². The smallest absolute Gasteiger partial charge is 0.319 e. The van der Waals surface area contributed by atoms with Crippen molar-refractivity contribution in [3.8, 4) is 0 Å². The Labute approximate surface area is 144 Å². The van der Waals surface area contributed by atoms with Crippen LogP contribution in [0.2, 0.25) is 0 Å². The molecule has 0 unspecified atom stereocenters. The molecule has 3 rings (SSSR count). The minimum Gasteiger partial charge on any atom is -0.352 e. The van der Waals surface area contributed by atoms with Crippen molar-refractivity contribution in [2.75, 3.05) is 23.7 Å². The molecule has 0 fully saturated rings. The Bertz CT molecular complexity index is 791. The Kier molecular flexibility index (Phi) is 5.49. The molecule has 0 saturated heterocycles. The maximum absolute atomic E-state index is 12.1. The summed E-state index contributed by atoms with van der Waals surface area (Å²) in [6.45, 7) is 1.50. The highest BCUT2D eigenvalue weighted by Gasteiger charge is 2.07. The normalized spacial score (nSPS) is 10.2. The lowest BCUT2D eigenvalue weighted by Gasteiger charge is -2.12. The monoisotopic (exact) mass is 338 g/mol. The quantitative estimate of drug-likeness (QED) is 0.561. The maximum atomic E-state index is 12.1. The van der Waals surface area contributed by atoms with Gasteiger partial charge in [-0.3, -0.25) is 0 Å². The first kappa shape index (κ1) is 16.4. The SMILES string of the molecule is O=C(NCCNc1ncccn1)Nc1ccccc1Cn1cncn1. The van der Waals surface area contributed by atoms with E-state index in [1.807, 2.05) is 24.3 Å². The Hall–Kier alpha value is -3.49. The van der Waals surface area contributed by atoms with Gasteiger partial charge in [-0.25, -0.2) is 24.4 Å². The summed E-state index contributed by atoms with van der Waals surface area (Å²) in [5, 5.41) is 12.7. The number of nitrogens with zero attached hydrogens (tertiary/aromatic N) is 5. The van der Waals surface area contributed by atoms with Gasteiger partial charge in [0, 0.05) is 31.2 Å². The van der Waals surface area contributed by atoms with E-state index in [4.69, 9.17) is 0 Å². The summed E-state index contributed by atoms with van der Waals surface area (Å²) < 4.78 is 1.70. The molecule has 0 spiro atoms. The van der Waals surface area contributed by atoms with E-state index in [0.717, 1.165) is 11.3 Å². The van der Waals surface area contributed by atoms with E-state index in [1.165, 1.54) is 6.33 Å². The number of carbonyl (C=O) groups excluding carboxylic acids is 1. The number of rotatable bonds is 7. The number of anilines is 2. The van der Waals surface area contributed by atoms with E-state index in [1.54, 1.807) is 29.5 Å². The highest BCUT2D eigenvalue weighted by atomic mass is 16.2. The number of aromatic nitrogens is 5. The summed E-state index contributed by atoms with van der Waals surface area (Å²) in [6, 6.07) is 9.04. The van der Waals surface area contributed by atoms with Gasteiger partial charge in [-0.05, 0) is 17.7 Å². The zero-order valence-corrected chi connectivity index (χ0v) is 13.5. The minimum absolute atomic E-state index is 0.276. The lowest BCUT2D eigenvalue weighted by molar-refractivity contribution is 0.252. The summed E-state index contributed by atoms with van der Waals surface area (Å²) in [6.07, 6.45) is 6.42. The van der Waals surface area contributed by atoms with Gasteiger partial charge in [-0.2, -0.15) is 5.10 Å². The van der Waals surface area contributed by atoms with Gasteiger partial charge in [0.1, 0.15) is 12.7 Å². The van der Waals surface area contributed by atoms with Crippen molar-refractivity contribution in [2.24, 2.45) is 0 Å². The predicted octanol–water partition coefficient (Wildman–Crippen LogP) is 1.35. The van der Waals surface area contributed by atoms with E-state index in [-0.39, 0.29) is 6.03 Å². The molecule has 0 radical (unpaired) electrons. The molecule has 128 valence electrons. The van der Waals surface area contributed by atoms with Crippen molar-refractivity contribution in [1.29, 1.82) is 0 Å². The zero-order valence-electron chi connectivity index (χ0n) is 13.5. The van der Waals surface area contributed by atoms with Gasteiger partial charge in [0.2, 0.25) is 5.95 Å². The number of hydrogen-bond donors (Lipinski definition) is 3. The number of benzene rings is 1. The molecule has 9 nitrogen and oxygen atoms in total. The topological polar surface area (TPSA) is 110 Å². The Morgan fingerprint density at radius 2 is 1.92 bits per heavy atom. The third kappa shape index (κ3) is 4.99. The summed E-state index contributed by atoms with van der Waals surface area (Å²) in [5.41, 5.74) is 1.67. The van der Waals surface area contributed by atoms with Crippen LogP contribution in [0.5, 0.6) is 0 Å². The summed E-state index contributed by atoms with van der Waals surface area (Å²) >= 11 is 0. The molecule has 25 heavy (non-hydrogen) atoms. The first-order valence-corrected chi connectivity index (χ1v) is 7.77. The fourth-order valence-electron chi connectivity index (χ4n) is 2.18. The van der Waals surface area contributed by atoms with Crippen molar-refractivity contribution in [3.05, 3.63) is 60.9 Å². The first-order chi connectivity index (χ1) is 12.3. The average Bonchev–Trinajstić information content (AvgIpc) is 3.14. The molecule has 0 aliphatic heterocycles. The highest BCUT2D eigenvalue weighted by molar-refractivity contribution is 5.90. The fraction of sp³-hybridized carbons (Fsp3) is 0.188. The van der Waals surface area contributed by atoms with Crippen molar-refractivity contribution in [2.45, 2.75) is 6.54 Å². The molecule has 0 atom stereocenters. The maximum Gasteiger partial charge on any atom is 0.319 e. The number of urea groups is 1. The molecule has 3 N–H and O–H groups in total. The third-order valence-electron chi connectivity index (χ3n) is 3.32. The number of hydrogen-bond acceptors (Lipinski definition) is 6. The standard InChI is InChI=1S/C16H18N8O/c25-16(21-9-8-20-15-18-6-3-7-19-15)23-14-5-2-1-4-13(14)10-24-12-17-11-22-24/h1-7,11-12H,8-10H2,(H,18,19,20)(H2,21,23,25). The summed E-state index contributed by atoms with van der Waals surface area (Å²) in [5.74, 6) is 0.530. The van der Waals surface area contributed by atoms with Crippen LogP contribution in [0.1, 0.15) is 5.56 Å². The van der Waals surface area contributed by atoms with Crippen LogP contribution in [0.3, 0.4) is 0 Å². The second-order valence-electron chi connectivity index (χ2n) is 5.13. The number of nitrogens with one attached hydrogen (secondary N) is 3. The number of amides is 2. The second kappa shape index (κ2) is 8.39. The van der Waals surface area contributed by atoms with Crippen LogP contribution >= 0.6 is 0 Å². The van der Waals surface area contributed by atoms with Crippen LogP contribution < -0.4 is 16.0 Å². The van der Waals surface area contributed by atoms with Crippen LogP contribution in [0.15, 0.2) is 55.4 Å². The minimum atomic E-state index is -0.276. The molecule has 2 amide bonds. The van der Waals surface area contributed by atoms with Crippen molar-refractivity contribution >= 4 is 17.7 Å². The van der Waals surface area contributed by atoms with Gasteiger partial charge in [0.25, 0.3) is 0 Å². The first-order valence-electron chi connectivity index (χ1n) is 7.77. The van der Waals surface area contributed by atoms with Crippen molar-refractivity contribution in [1.82, 2.24) is 30.0 Å². The molecule has 0 bridgehead atoms. The van der Waals surface area contributed by atoms with E-state index < -0.39 is 0 Å². The molecule has 0 aliphatic carbocycles. The number of carbonyl (C=O) groups is 1. The molecule has 2 aromatic heterocycles. The van der Waals surface area contributed by atoms with Gasteiger partial charge in [0.15, 0.2) is 0 Å². The molecule has 0 saturated carbocycles. The van der Waals surface area contributed by atoms with Gasteiger partial charge >= 0.3 is 6.03 Å². The molecular weight excluding hydrogens is 320 g/mol. The summed E-state index contributed by atoms with van der Waals surface area (Å²) in [4.78, 5) is 24.1. The van der Waals surface area contributed by atoms with Crippen LogP contribution in [-0.2, 0) is 6.54 Å². The Balaban J connectivity index is 1.48. The lowest BCUT2D eigenvalue weighted by Crippen LogP contribution is -2.33. The van der Waals surface area contributed by atoms with E-state index in [2.05, 4.69) is 36.0 Å². The molecule has 9 heteroatoms. The van der Waals surface area contributed by atoms with Gasteiger partial charge in [-0.15, -0.1) is 0 Å². The second-order valence-corrected chi connectivity index (χ2v) is 5.13. The zero-order chi connectivity index (χ0) is 17.3. The van der Waals surface area contributed by atoms with Gasteiger partial charge < -0.3 is 16.0 Å². The molecule has 3 aromatic rings. The lowest BCUT2D eigenvalue weighted by atomic mass is 10.2. The van der Waals surface area contributed by atoms with Gasteiger partial charge in [0.05, 0.1) is 6.54 Å². The van der Waals surface area contributed by atoms with Crippen molar-refractivity contribution < 1.29 is 4.79 Å². The van der Waals surface area contributed by atoms with E-state index in [9.17, 15) is 4.79 Å². The van der Waals surface area contributed by atoms with Crippen LogP contribution in [0.4, 0.5) is 16.4 Å². The van der Waals surface area contributed by atoms with E-state index in [0.29, 0.717) is 25.6 Å².